The second-order valence-corrected chi connectivity index (χ2v) is 10.4. The number of esters is 2. The van der Waals surface area contributed by atoms with Gasteiger partial charge in [0.25, 0.3) is 0 Å². The molecule has 2 aliphatic carbocycles. The van der Waals surface area contributed by atoms with Gasteiger partial charge in [-0.2, -0.15) is 0 Å². The maximum atomic E-state index is 13.7. The first-order chi connectivity index (χ1) is 17.4. The summed E-state index contributed by atoms with van der Waals surface area (Å²) in [4.78, 5) is 23.6. The van der Waals surface area contributed by atoms with Crippen LogP contribution < -0.4 is 4.74 Å². The number of halogens is 2. The summed E-state index contributed by atoms with van der Waals surface area (Å²) in [5, 5.41) is 0. The van der Waals surface area contributed by atoms with Gasteiger partial charge in [0.2, 0.25) is 0 Å². The lowest BCUT2D eigenvalue weighted by molar-refractivity contribution is -0.158. The van der Waals surface area contributed by atoms with Crippen LogP contribution in [0.15, 0.2) is 24.3 Å². The predicted molar refractivity (Wildman–Crippen MR) is 134 cm³/mol. The first-order valence-electron chi connectivity index (χ1n) is 13.8. The van der Waals surface area contributed by atoms with Crippen LogP contribution in [0.4, 0.5) is 8.78 Å². The van der Waals surface area contributed by atoms with Crippen LogP contribution in [-0.4, -0.2) is 43.1 Å². The first kappa shape index (κ1) is 28.4. The van der Waals surface area contributed by atoms with Crippen molar-refractivity contribution in [3.63, 3.8) is 0 Å². The Hall–Kier alpha value is -2.18. The Morgan fingerprint density at radius 1 is 0.778 bits per heavy atom. The van der Waals surface area contributed by atoms with Crippen molar-refractivity contribution in [3.05, 3.63) is 29.8 Å². The van der Waals surface area contributed by atoms with Gasteiger partial charge in [0, 0.05) is 0 Å². The monoisotopic (exact) mass is 508 g/mol. The van der Waals surface area contributed by atoms with Crippen LogP contribution in [-0.2, 0) is 19.1 Å². The molecule has 0 saturated heterocycles. The normalized spacial score (nSPS) is 26.0. The molecule has 202 valence electrons. The zero-order chi connectivity index (χ0) is 25.9. The van der Waals surface area contributed by atoms with E-state index in [9.17, 15) is 18.4 Å². The average molecular weight is 509 g/mol. The first-order valence-corrected chi connectivity index (χ1v) is 13.8. The van der Waals surface area contributed by atoms with Crippen LogP contribution in [0.2, 0.25) is 0 Å². The number of hydrogen-bond acceptors (Lipinski definition) is 5. The number of rotatable bonds is 12. The van der Waals surface area contributed by atoms with E-state index in [2.05, 4.69) is 12.1 Å². The van der Waals surface area contributed by atoms with Crippen LogP contribution in [0.25, 0.3) is 0 Å². The van der Waals surface area contributed by atoms with E-state index in [-0.39, 0.29) is 25.0 Å². The third-order valence-corrected chi connectivity index (χ3v) is 7.47. The molecule has 1 aromatic rings. The minimum Gasteiger partial charge on any atom is -0.493 e. The molecule has 7 heteroatoms. The number of carbonyl (C=O) groups is 2. The van der Waals surface area contributed by atoms with Crippen molar-refractivity contribution in [1.82, 2.24) is 0 Å². The molecule has 0 N–H and O–H groups in total. The summed E-state index contributed by atoms with van der Waals surface area (Å²) in [6.07, 6.45) is 4.96. The second kappa shape index (κ2) is 14.5. The average Bonchev–Trinajstić information content (AvgIpc) is 2.89. The molecule has 2 atom stereocenters. The summed E-state index contributed by atoms with van der Waals surface area (Å²) in [5.74, 6) is 0.212. The van der Waals surface area contributed by atoms with Crippen molar-refractivity contribution in [2.45, 2.75) is 121 Å². The van der Waals surface area contributed by atoms with E-state index >= 15 is 0 Å². The van der Waals surface area contributed by atoms with Crippen LogP contribution in [0.1, 0.15) is 102 Å². The number of alkyl halides is 2. The highest BCUT2D eigenvalue weighted by molar-refractivity contribution is 5.75. The molecule has 0 bridgehead atoms. The maximum Gasteiger partial charge on any atom is 0.340 e. The third kappa shape index (κ3) is 8.74. The lowest BCUT2D eigenvalue weighted by Crippen LogP contribution is -2.30. The summed E-state index contributed by atoms with van der Waals surface area (Å²) < 4.78 is 44.1. The minimum absolute atomic E-state index is 0.181. The van der Waals surface area contributed by atoms with Gasteiger partial charge < -0.3 is 14.2 Å². The molecule has 0 aliphatic heterocycles. The molecule has 2 aliphatic rings. The Morgan fingerprint density at radius 3 is 1.72 bits per heavy atom. The molecule has 0 amide bonds. The van der Waals surface area contributed by atoms with Gasteiger partial charge in [0.15, 0.2) is 12.3 Å². The molecular formula is C29H42F2O5. The fourth-order valence-electron chi connectivity index (χ4n) is 5.20. The second-order valence-electron chi connectivity index (χ2n) is 10.4. The molecule has 0 aromatic heterocycles. The Balaban J connectivity index is 1.34. The van der Waals surface area contributed by atoms with Crippen LogP contribution in [0, 0.1) is 5.92 Å². The number of hydrogen-bond donors (Lipinski definition) is 0. The highest BCUT2D eigenvalue weighted by atomic mass is 19.1. The van der Waals surface area contributed by atoms with E-state index in [4.69, 9.17) is 14.2 Å². The lowest BCUT2D eigenvalue weighted by Gasteiger charge is -2.29. The van der Waals surface area contributed by atoms with Crippen molar-refractivity contribution < 1.29 is 32.6 Å². The topological polar surface area (TPSA) is 61.8 Å². The van der Waals surface area contributed by atoms with E-state index in [1.165, 1.54) is 5.56 Å². The van der Waals surface area contributed by atoms with Gasteiger partial charge in [-0.1, -0.05) is 38.8 Å². The van der Waals surface area contributed by atoms with E-state index in [0.717, 1.165) is 57.1 Å². The van der Waals surface area contributed by atoms with Gasteiger partial charge in [-0.15, -0.1) is 0 Å². The van der Waals surface area contributed by atoms with Crippen molar-refractivity contribution in [2.75, 3.05) is 6.61 Å². The maximum absolute atomic E-state index is 13.7. The fourth-order valence-corrected chi connectivity index (χ4v) is 5.20. The Labute approximate surface area is 214 Å². The molecule has 2 fully saturated rings. The van der Waals surface area contributed by atoms with Crippen molar-refractivity contribution in [2.24, 2.45) is 5.92 Å². The highest BCUT2D eigenvalue weighted by Crippen LogP contribution is 2.35. The molecule has 0 spiro atoms. The highest BCUT2D eigenvalue weighted by Gasteiger charge is 2.29. The quantitative estimate of drug-likeness (QED) is 0.284. The summed E-state index contributed by atoms with van der Waals surface area (Å²) >= 11 is 0. The fraction of sp³-hybridized carbons (Fsp3) is 0.724. The van der Waals surface area contributed by atoms with Gasteiger partial charge in [0.05, 0.1) is 6.61 Å². The lowest BCUT2D eigenvalue weighted by atomic mass is 9.82. The largest absolute Gasteiger partial charge is 0.493 e. The molecule has 0 radical (unpaired) electrons. The standard InChI is InChI=1S/C29H42F2O5/c1-3-5-26(30)28(32)35-24-13-7-20(8-14-24)19-34-23-15-9-21(10-16-23)22-11-17-25(18-12-22)36-29(33)27(31)6-4-2/h9-10,15-16,20,22,24-27H,3-8,11-14,17-19H2,1-2H3/t20-,22-,24-,25-,26-,27-/m1/s1. The zero-order valence-electron chi connectivity index (χ0n) is 21.8. The predicted octanol–water partition coefficient (Wildman–Crippen LogP) is 7.01. The Morgan fingerprint density at radius 2 is 1.25 bits per heavy atom. The summed E-state index contributed by atoms with van der Waals surface area (Å²) in [6, 6.07) is 8.21. The SMILES string of the molecule is CCC[C@@H](F)C(=O)O[C@H]1CC[C@H](COc2ccc([C@H]3CC[C@H](OC(=O)[C@H](F)CCC)CC3)cc2)CC1. The molecule has 0 heterocycles. The third-order valence-electron chi connectivity index (χ3n) is 7.47. The van der Waals surface area contributed by atoms with Gasteiger partial charge in [-0.3, -0.25) is 0 Å². The molecule has 0 unspecified atom stereocenters. The van der Waals surface area contributed by atoms with Crippen LogP contribution in [0.3, 0.4) is 0 Å². The van der Waals surface area contributed by atoms with Crippen molar-refractivity contribution in [3.8, 4) is 5.75 Å². The zero-order valence-corrected chi connectivity index (χ0v) is 21.8. The van der Waals surface area contributed by atoms with Gasteiger partial charge in [0.1, 0.15) is 18.0 Å². The Bertz CT molecular complexity index is 798. The molecular weight excluding hydrogens is 466 g/mol. The van der Waals surface area contributed by atoms with E-state index in [0.29, 0.717) is 31.3 Å². The number of carbonyl (C=O) groups excluding carboxylic acids is 2. The molecule has 1 aromatic carbocycles. The Kier molecular flexibility index (Phi) is 11.5. The number of ether oxygens (including phenoxy) is 3. The van der Waals surface area contributed by atoms with E-state index < -0.39 is 24.3 Å². The molecule has 36 heavy (non-hydrogen) atoms. The van der Waals surface area contributed by atoms with Gasteiger partial charge in [-0.25, -0.2) is 18.4 Å². The van der Waals surface area contributed by atoms with E-state index in [1.807, 2.05) is 26.0 Å². The van der Waals surface area contributed by atoms with Crippen LogP contribution >= 0.6 is 0 Å². The van der Waals surface area contributed by atoms with Crippen molar-refractivity contribution in [1.29, 1.82) is 0 Å². The molecule has 5 nitrogen and oxygen atoms in total. The summed E-state index contributed by atoms with van der Waals surface area (Å²) in [7, 11) is 0. The summed E-state index contributed by atoms with van der Waals surface area (Å²) in [6.45, 7) is 4.32. The van der Waals surface area contributed by atoms with E-state index in [1.54, 1.807) is 0 Å². The molecule has 3 rings (SSSR count). The minimum atomic E-state index is -1.51. The summed E-state index contributed by atoms with van der Waals surface area (Å²) in [5.41, 5.74) is 1.25. The molecule has 2 saturated carbocycles. The van der Waals surface area contributed by atoms with Gasteiger partial charge in [-0.05, 0) is 93.7 Å². The van der Waals surface area contributed by atoms with Crippen molar-refractivity contribution >= 4 is 11.9 Å². The van der Waals surface area contributed by atoms with Gasteiger partial charge >= 0.3 is 11.9 Å². The van der Waals surface area contributed by atoms with Crippen LogP contribution in [0.5, 0.6) is 5.75 Å². The number of benzene rings is 1. The smallest absolute Gasteiger partial charge is 0.340 e.